The monoisotopic (exact) mass is 256 g/mol. The van der Waals surface area contributed by atoms with Crippen molar-refractivity contribution in [1.29, 1.82) is 0 Å². The number of carbonyl (C=O) groups excluding carboxylic acids is 1. The molecule has 5 heteroatoms. The van der Waals surface area contributed by atoms with Gasteiger partial charge in [0.1, 0.15) is 5.75 Å². The van der Waals surface area contributed by atoms with Crippen LogP contribution in [-0.2, 0) is 4.79 Å². The minimum absolute atomic E-state index is 0.0300. The van der Waals surface area contributed by atoms with Crippen molar-refractivity contribution in [3.05, 3.63) is 29.3 Å². The summed E-state index contributed by atoms with van der Waals surface area (Å²) < 4.78 is 5.28. The average Bonchev–Trinajstić information content (AvgIpc) is 2.25. The summed E-state index contributed by atoms with van der Waals surface area (Å²) in [6.45, 7) is 4.06. The van der Waals surface area contributed by atoms with Crippen LogP contribution in [0.15, 0.2) is 24.3 Å². The highest BCUT2D eigenvalue weighted by Crippen LogP contribution is 2.15. The van der Waals surface area contributed by atoms with Gasteiger partial charge in [-0.1, -0.05) is 11.6 Å². The third kappa shape index (κ3) is 6.14. The molecule has 1 aromatic rings. The van der Waals surface area contributed by atoms with Crippen molar-refractivity contribution in [3.63, 3.8) is 0 Å². The van der Waals surface area contributed by atoms with Gasteiger partial charge in [-0.3, -0.25) is 4.79 Å². The first-order valence-corrected chi connectivity index (χ1v) is 5.68. The van der Waals surface area contributed by atoms with E-state index < -0.39 is 5.54 Å². The van der Waals surface area contributed by atoms with E-state index in [4.69, 9.17) is 22.1 Å². The Morgan fingerprint density at radius 3 is 2.53 bits per heavy atom. The average molecular weight is 257 g/mol. The molecule has 0 radical (unpaired) electrons. The van der Waals surface area contributed by atoms with Gasteiger partial charge < -0.3 is 15.8 Å². The maximum absolute atomic E-state index is 11.4. The predicted molar refractivity (Wildman–Crippen MR) is 68.2 cm³/mol. The molecule has 0 aliphatic heterocycles. The number of benzene rings is 1. The highest BCUT2D eigenvalue weighted by molar-refractivity contribution is 6.30. The van der Waals surface area contributed by atoms with Crippen LogP contribution in [0.3, 0.4) is 0 Å². The standard InChI is InChI=1S/C12H17ClN2O2/c1-12(2,14)8-15-11(16)7-17-10-5-3-9(13)4-6-10/h3-6H,7-8,14H2,1-2H3,(H,15,16). The Morgan fingerprint density at radius 1 is 1.41 bits per heavy atom. The molecular formula is C12H17ClN2O2. The van der Waals surface area contributed by atoms with Crippen molar-refractivity contribution in [2.45, 2.75) is 19.4 Å². The Balaban J connectivity index is 2.31. The summed E-state index contributed by atoms with van der Waals surface area (Å²) in [5.41, 5.74) is 5.32. The highest BCUT2D eigenvalue weighted by atomic mass is 35.5. The van der Waals surface area contributed by atoms with Gasteiger partial charge in [-0.25, -0.2) is 0 Å². The molecule has 0 unspecified atom stereocenters. The summed E-state index contributed by atoms with van der Waals surface area (Å²) in [6, 6.07) is 6.83. The number of rotatable bonds is 5. The van der Waals surface area contributed by atoms with Crippen molar-refractivity contribution >= 4 is 17.5 Å². The number of nitrogens with one attached hydrogen (secondary N) is 1. The van der Waals surface area contributed by atoms with Crippen molar-refractivity contribution in [3.8, 4) is 5.75 Å². The lowest BCUT2D eigenvalue weighted by Gasteiger charge is -2.18. The third-order valence-electron chi connectivity index (χ3n) is 1.92. The van der Waals surface area contributed by atoms with E-state index in [0.717, 1.165) is 0 Å². The number of ether oxygens (including phenoxy) is 1. The molecule has 1 rings (SSSR count). The van der Waals surface area contributed by atoms with Crippen molar-refractivity contribution in [1.82, 2.24) is 5.32 Å². The Bertz CT molecular complexity index is 371. The first-order chi connectivity index (χ1) is 7.87. The fourth-order valence-electron chi connectivity index (χ4n) is 1.06. The summed E-state index contributed by atoms with van der Waals surface area (Å²) in [6.07, 6.45) is 0. The molecule has 4 nitrogen and oxygen atoms in total. The summed E-state index contributed by atoms with van der Waals surface area (Å²) >= 11 is 5.73. The Labute approximate surface area is 106 Å². The molecule has 0 aliphatic rings. The largest absolute Gasteiger partial charge is 0.484 e. The number of hydrogen-bond donors (Lipinski definition) is 2. The quantitative estimate of drug-likeness (QED) is 0.841. The lowest BCUT2D eigenvalue weighted by molar-refractivity contribution is -0.123. The van der Waals surface area contributed by atoms with Crippen LogP contribution in [0.5, 0.6) is 5.75 Å². The zero-order valence-corrected chi connectivity index (χ0v) is 10.8. The van der Waals surface area contributed by atoms with Gasteiger partial charge in [0.05, 0.1) is 0 Å². The Morgan fingerprint density at radius 2 is 2.00 bits per heavy atom. The zero-order chi connectivity index (χ0) is 12.9. The molecule has 0 saturated heterocycles. The molecule has 0 aromatic heterocycles. The molecule has 0 spiro atoms. The van der Waals surface area contributed by atoms with E-state index in [9.17, 15) is 4.79 Å². The number of amides is 1. The Hall–Kier alpha value is -1.26. The van der Waals surface area contributed by atoms with Gasteiger partial charge in [-0.15, -0.1) is 0 Å². The van der Waals surface area contributed by atoms with Crippen molar-refractivity contribution < 1.29 is 9.53 Å². The summed E-state index contributed by atoms with van der Waals surface area (Å²) in [5.74, 6) is 0.412. The number of carbonyl (C=O) groups is 1. The smallest absolute Gasteiger partial charge is 0.258 e. The van der Waals surface area contributed by atoms with Gasteiger partial charge in [-0.2, -0.15) is 0 Å². The van der Waals surface area contributed by atoms with E-state index in [1.165, 1.54) is 0 Å². The Kier molecular flexibility index (Phi) is 4.78. The van der Waals surface area contributed by atoms with E-state index in [1.807, 2.05) is 13.8 Å². The molecule has 94 valence electrons. The minimum Gasteiger partial charge on any atom is -0.484 e. The fraction of sp³-hybridized carbons (Fsp3) is 0.417. The van der Waals surface area contributed by atoms with Crippen LogP contribution >= 0.6 is 11.6 Å². The van der Waals surface area contributed by atoms with Gasteiger partial charge >= 0.3 is 0 Å². The summed E-state index contributed by atoms with van der Waals surface area (Å²) in [5, 5.41) is 3.32. The van der Waals surface area contributed by atoms with Crippen LogP contribution < -0.4 is 15.8 Å². The zero-order valence-electron chi connectivity index (χ0n) is 10.00. The molecule has 3 N–H and O–H groups in total. The molecule has 17 heavy (non-hydrogen) atoms. The van der Waals surface area contributed by atoms with Crippen LogP contribution in [0.1, 0.15) is 13.8 Å². The normalized spacial score (nSPS) is 11.1. The second-order valence-corrected chi connectivity index (χ2v) is 4.94. The molecular weight excluding hydrogens is 240 g/mol. The summed E-state index contributed by atoms with van der Waals surface area (Å²) in [7, 11) is 0. The van der Waals surface area contributed by atoms with E-state index >= 15 is 0 Å². The second kappa shape index (κ2) is 5.89. The SMILES string of the molecule is CC(C)(N)CNC(=O)COc1ccc(Cl)cc1. The predicted octanol–water partition coefficient (Wildman–Crippen LogP) is 1.57. The first kappa shape index (κ1) is 13.8. The van der Waals surface area contributed by atoms with E-state index in [-0.39, 0.29) is 12.5 Å². The van der Waals surface area contributed by atoms with Gasteiger partial charge in [0.15, 0.2) is 6.61 Å². The van der Waals surface area contributed by atoms with Gasteiger partial charge in [0.25, 0.3) is 5.91 Å². The van der Waals surface area contributed by atoms with E-state index in [1.54, 1.807) is 24.3 Å². The maximum Gasteiger partial charge on any atom is 0.258 e. The van der Waals surface area contributed by atoms with Crippen molar-refractivity contribution in [2.75, 3.05) is 13.2 Å². The molecule has 1 amide bonds. The van der Waals surface area contributed by atoms with Crippen molar-refractivity contribution in [2.24, 2.45) is 5.73 Å². The van der Waals surface area contributed by atoms with Crippen LogP contribution in [-0.4, -0.2) is 24.6 Å². The molecule has 1 aromatic carbocycles. The highest BCUT2D eigenvalue weighted by Gasteiger charge is 2.12. The summed E-state index contributed by atoms with van der Waals surface area (Å²) in [4.78, 5) is 11.4. The topological polar surface area (TPSA) is 64.3 Å². The number of hydrogen-bond acceptors (Lipinski definition) is 3. The van der Waals surface area contributed by atoms with Gasteiger partial charge in [0.2, 0.25) is 0 Å². The van der Waals surface area contributed by atoms with Crippen LogP contribution in [0.25, 0.3) is 0 Å². The third-order valence-corrected chi connectivity index (χ3v) is 2.18. The van der Waals surface area contributed by atoms with E-state index in [0.29, 0.717) is 17.3 Å². The molecule has 0 atom stereocenters. The molecule has 0 bridgehead atoms. The van der Waals surface area contributed by atoms with Crippen LogP contribution in [0.2, 0.25) is 5.02 Å². The first-order valence-electron chi connectivity index (χ1n) is 5.31. The maximum atomic E-state index is 11.4. The van der Waals surface area contributed by atoms with Gasteiger partial charge in [-0.05, 0) is 38.1 Å². The van der Waals surface area contributed by atoms with Crippen LogP contribution in [0, 0.1) is 0 Å². The fourth-order valence-corrected chi connectivity index (χ4v) is 1.18. The minimum atomic E-state index is -0.421. The molecule has 0 saturated carbocycles. The van der Waals surface area contributed by atoms with Crippen LogP contribution in [0.4, 0.5) is 0 Å². The molecule has 0 fully saturated rings. The second-order valence-electron chi connectivity index (χ2n) is 4.51. The van der Waals surface area contributed by atoms with Gasteiger partial charge in [0, 0.05) is 17.1 Å². The lowest BCUT2D eigenvalue weighted by Crippen LogP contribution is -2.46. The molecule has 0 heterocycles. The number of nitrogens with two attached hydrogens (primary N) is 1. The molecule has 0 aliphatic carbocycles. The number of halogens is 1. The lowest BCUT2D eigenvalue weighted by atomic mass is 10.1. The van der Waals surface area contributed by atoms with E-state index in [2.05, 4.69) is 5.32 Å².